The van der Waals surface area contributed by atoms with Crippen molar-refractivity contribution in [3.8, 4) is 5.75 Å². The largest absolute Gasteiger partial charge is 0.495 e. The molecule has 1 N–H and O–H groups in total. The Kier molecular flexibility index (Phi) is 6.64. The van der Waals surface area contributed by atoms with Gasteiger partial charge < -0.3 is 14.8 Å². The van der Waals surface area contributed by atoms with Gasteiger partial charge in [-0.25, -0.2) is 4.79 Å². The molecule has 30 heavy (non-hydrogen) atoms. The molecule has 1 heterocycles. The Morgan fingerprint density at radius 3 is 2.40 bits per heavy atom. The van der Waals surface area contributed by atoms with Crippen molar-refractivity contribution in [2.75, 3.05) is 12.4 Å². The number of anilines is 1. The third-order valence-electron chi connectivity index (χ3n) is 4.34. The molecule has 0 aliphatic heterocycles. The number of rotatable bonds is 6. The molecular weight excluding hydrogens is 429 g/mol. The van der Waals surface area contributed by atoms with Crippen molar-refractivity contribution in [3.63, 3.8) is 0 Å². The lowest BCUT2D eigenvalue weighted by atomic mass is 10.1. The molecule has 0 radical (unpaired) electrons. The summed E-state index contributed by atoms with van der Waals surface area (Å²) in [5.74, 6) is -0.821. The van der Waals surface area contributed by atoms with Crippen LogP contribution in [0, 0.1) is 6.92 Å². The lowest BCUT2D eigenvalue weighted by Gasteiger charge is -2.18. The van der Waals surface area contributed by atoms with E-state index in [4.69, 9.17) is 32.7 Å². The number of nitrogens with zero attached hydrogens (tertiary/aromatic N) is 2. The van der Waals surface area contributed by atoms with Crippen LogP contribution >= 0.6 is 23.2 Å². The molecule has 3 rings (SSSR count). The summed E-state index contributed by atoms with van der Waals surface area (Å²) in [6.45, 7) is 1.64. The number of carbonyl (C=O) groups is 2. The van der Waals surface area contributed by atoms with Crippen LogP contribution in [0.1, 0.15) is 27.7 Å². The van der Waals surface area contributed by atoms with E-state index in [1.165, 1.54) is 11.8 Å². The summed E-state index contributed by atoms with van der Waals surface area (Å²) >= 11 is 12.3. The van der Waals surface area contributed by atoms with E-state index in [1.807, 2.05) is 0 Å². The number of halogens is 2. The molecule has 156 valence electrons. The first-order valence-electron chi connectivity index (χ1n) is 8.91. The van der Waals surface area contributed by atoms with Crippen molar-refractivity contribution in [2.24, 2.45) is 7.05 Å². The number of ether oxygens (including phenoxy) is 2. The van der Waals surface area contributed by atoms with Gasteiger partial charge in [0.2, 0.25) is 6.10 Å². The second-order valence-electron chi connectivity index (χ2n) is 6.41. The third kappa shape index (κ3) is 4.58. The van der Waals surface area contributed by atoms with Crippen molar-refractivity contribution in [3.05, 3.63) is 75.5 Å². The number of aryl methyl sites for hydroxylation is 2. The number of amides is 1. The number of benzene rings is 2. The fourth-order valence-corrected chi connectivity index (χ4v) is 3.39. The van der Waals surface area contributed by atoms with Crippen LogP contribution in [0.25, 0.3) is 0 Å². The average Bonchev–Trinajstić information content (AvgIpc) is 2.98. The van der Waals surface area contributed by atoms with Crippen LogP contribution in [-0.2, 0) is 16.6 Å². The summed E-state index contributed by atoms with van der Waals surface area (Å²) < 4.78 is 12.0. The number of methoxy groups -OCH3 is 1. The highest BCUT2D eigenvalue weighted by Crippen LogP contribution is 2.29. The molecule has 1 amide bonds. The van der Waals surface area contributed by atoms with Crippen LogP contribution < -0.4 is 10.1 Å². The number of aromatic nitrogens is 2. The van der Waals surface area contributed by atoms with E-state index in [0.29, 0.717) is 27.7 Å². The van der Waals surface area contributed by atoms with Gasteiger partial charge in [-0.2, -0.15) is 5.10 Å². The number of carbonyl (C=O) groups excluding carboxylic acids is 2. The van der Waals surface area contributed by atoms with Crippen LogP contribution in [0.3, 0.4) is 0 Å². The summed E-state index contributed by atoms with van der Waals surface area (Å²) in [4.78, 5) is 25.8. The first kappa shape index (κ1) is 21.7. The highest BCUT2D eigenvalue weighted by molar-refractivity contribution is 6.33. The second-order valence-corrected chi connectivity index (χ2v) is 7.17. The van der Waals surface area contributed by atoms with Crippen LogP contribution in [0.2, 0.25) is 10.2 Å². The van der Waals surface area contributed by atoms with Gasteiger partial charge >= 0.3 is 5.97 Å². The van der Waals surface area contributed by atoms with Gasteiger partial charge in [0.1, 0.15) is 16.5 Å². The number of hydrogen-bond donors (Lipinski definition) is 1. The summed E-state index contributed by atoms with van der Waals surface area (Å²) in [5, 5.41) is 7.29. The molecule has 1 atom stereocenters. The zero-order valence-electron chi connectivity index (χ0n) is 16.5. The highest BCUT2D eigenvalue weighted by Gasteiger charge is 2.29. The first-order valence-corrected chi connectivity index (χ1v) is 9.66. The van der Waals surface area contributed by atoms with Crippen LogP contribution in [0.15, 0.2) is 48.5 Å². The van der Waals surface area contributed by atoms with Crippen LogP contribution in [0.5, 0.6) is 5.75 Å². The van der Waals surface area contributed by atoms with Gasteiger partial charge in [-0.05, 0) is 25.1 Å². The molecule has 1 unspecified atom stereocenters. The molecule has 0 aliphatic carbocycles. The van der Waals surface area contributed by atoms with Gasteiger partial charge in [-0.1, -0.05) is 53.5 Å². The van der Waals surface area contributed by atoms with E-state index < -0.39 is 18.0 Å². The SMILES string of the molecule is COc1ccc(NC(=O)C(OC(=O)c2c(C)nn(C)c2Cl)c2ccccc2)cc1Cl. The van der Waals surface area contributed by atoms with E-state index in [0.717, 1.165) is 0 Å². The number of hydrogen-bond acceptors (Lipinski definition) is 5. The first-order chi connectivity index (χ1) is 14.3. The van der Waals surface area contributed by atoms with E-state index in [1.54, 1.807) is 62.5 Å². The maximum Gasteiger partial charge on any atom is 0.344 e. The standard InChI is InChI=1S/C21H19Cl2N3O4/c1-12-17(19(23)26(2)25-12)21(28)30-18(13-7-5-4-6-8-13)20(27)24-14-9-10-16(29-3)15(22)11-14/h4-11,18H,1-3H3,(H,24,27). The van der Waals surface area contributed by atoms with E-state index in [-0.39, 0.29) is 10.7 Å². The van der Waals surface area contributed by atoms with Crippen molar-refractivity contribution < 1.29 is 19.1 Å². The zero-order chi connectivity index (χ0) is 21.8. The Hall–Kier alpha value is -3.03. The molecule has 1 aromatic heterocycles. The Labute approximate surface area is 183 Å². The zero-order valence-corrected chi connectivity index (χ0v) is 18.0. The monoisotopic (exact) mass is 447 g/mol. The molecule has 0 aliphatic rings. The van der Waals surface area contributed by atoms with Crippen LogP contribution in [-0.4, -0.2) is 28.8 Å². The number of nitrogens with one attached hydrogen (secondary N) is 1. The molecule has 7 nitrogen and oxygen atoms in total. The fourth-order valence-electron chi connectivity index (χ4n) is 2.88. The van der Waals surface area contributed by atoms with Crippen molar-refractivity contribution in [1.29, 1.82) is 0 Å². The molecule has 0 saturated carbocycles. The molecular formula is C21H19Cl2N3O4. The lowest BCUT2D eigenvalue weighted by molar-refractivity contribution is -0.125. The maximum absolute atomic E-state index is 13.0. The van der Waals surface area contributed by atoms with Crippen molar-refractivity contribution in [1.82, 2.24) is 9.78 Å². The second kappa shape index (κ2) is 9.19. The Morgan fingerprint density at radius 2 is 1.83 bits per heavy atom. The van der Waals surface area contributed by atoms with Crippen molar-refractivity contribution in [2.45, 2.75) is 13.0 Å². The van der Waals surface area contributed by atoms with Gasteiger partial charge in [0.25, 0.3) is 5.91 Å². The number of esters is 1. The fraction of sp³-hybridized carbons (Fsp3) is 0.190. The van der Waals surface area contributed by atoms with Crippen LogP contribution in [0.4, 0.5) is 5.69 Å². The predicted molar refractivity (Wildman–Crippen MR) is 114 cm³/mol. The molecule has 0 saturated heterocycles. The minimum Gasteiger partial charge on any atom is -0.495 e. The minimum absolute atomic E-state index is 0.111. The molecule has 9 heteroatoms. The Morgan fingerprint density at radius 1 is 1.13 bits per heavy atom. The average molecular weight is 448 g/mol. The smallest absolute Gasteiger partial charge is 0.344 e. The lowest BCUT2D eigenvalue weighted by Crippen LogP contribution is -2.26. The summed E-state index contributed by atoms with van der Waals surface area (Å²) in [6, 6.07) is 13.5. The highest BCUT2D eigenvalue weighted by atomic mass is 35.5. The molecule has 0 bridgehead atoms. The maximum atomic E-state index is 13.0. The van der Waals surface area contributed by atoms with Gasteiger partial charge in [0.15, 0.2) is 0 Å². The quantitative estimate of drug-likeness (QED) is 0.559. The van der Waals surface area contributed by atoms with Crippen molar-refractivity contribution >= 4 is 40.8 Å². The predicted octanol–water partition coefficient (Wildman–Crippen LogP) is 4.58. The Bertz CT molecular complexity index is 1080. The van der Waals surface area contributed by atoms with Gasteiger partial charge in [0, 0.05) is 18.3 Å². The molecule has 0 fully saturated rings. The van der Waals surface area contributed by atoms with E-state index in [2.05, 4.69) is 10.4 Å². The summed E-state index contributed by atoms with van der Waals surface area (Å²) in [5.41, 5.74) is 1.45. The van der Waals surface area contributed by atoms with E-state index >= 15 is 0 Å². The molecule has 3 aromatic rings. The minimum atomic E-state index is -1.21. The Balaban J connectivity index is 1.88. The molecule has 0 spiro atoms. The summed E-state index contributed by atoms with van der Waals surface area (Å²) in [6.07, 6.45) is -1.21. The third-order valence-corrected chi connectivity index (χ3v) is 5.07. The van der Waals surface area contributed by atoms with Gasteiger partial charge in [-0.15, -0.1) is 0 Å². The topological polar surface area (TPSA) is 82.4 Å². The van der Waals surface area contributed by atoms with E-state index in [9.17, 15) is 9.59 Å². The van der Waals surface area contributed by atoms with Gasteiger partial charge in [0.05, 0.1) is 17.8 Å². The summed E-state index contributed by atoms with van der Waals surface area (Å²) in [7, 11) is 3.11. The normalized spacial score (nSPS) is 11.6. The van der Waals surface area contributed by atoms with Gasteiger partial charge in [-0.3, -0.25) is 9.48 Å². The molecule has 2 aromatic carbocycles.